The first-order valence-electron chi connectivity index (χ1n) is 8.81. The Hall–Kier alpha value is -3.48. The molecule has 3 aromatic heterocycles. The van der Waals surface area contributed by atoms with Crippen LogP contribution in [0.3, 0.4) is 0 Å². The van der Waals surface area contributed by atoms with Crippen molar-refractivity contribution in [3.63, 3.8) is 0 Å². The van der Waals surface area contributed by atoms with Crippen LogP contribution in [0.4, 0.5) is 13.2 Å². The van der Waals surface area contributed by atoms with Gasteiger partial charge in [0.15, 0.2) is 5.82 Å². The van der Waals surface area contributed by atoms with E-state index in [1.807, 2.05) is 26.1 Å². The Kier molecular flexibility index (Phi) is 7.33. The molecule has 13 heteroatoms. The van der Waals surface area contributed by atoms with Crippen molar-refractivity contribution in [1.29, 1.82) is 0 Å². The summed E-state index contributed by atoms with van der Waals surface area (Å²) >= 11 is 0. The van der Waals surface area contributed by atoms with Gasteiger partial charge < -0.3 is 14.4 Å². The second-order valence-electron chi connectivity index (χ2n) is 6.64. The highest BCUT2D eigenvalue weighted by atomic mass is 19.4. The van der Waals surface area contributed by atoms with Crippen LogP contribution in [0.15, 0.2) is 29.3 Å². The van der Waals surface area contributed by atoms with Gasteiger partial charge in [-0.1, -0.05) is 0 Å². The molecule has 0 radical (unpaired) electrons. The van der Waals surface area contributed by atoms with Gasteiger partial charge in [-0.05, 0) is 14.0 Å². The lowest BCUT2D eigenvalue weighted by Crippen LogP contribution is -2.21. The van der Waals surface area contributed by atoms with E-state index in [1.54, 1.807) is 31.0 Å². The van der Waals surface area contributed by atoms with Gasteiger partial charge in [-0.2, -0.15) is 13.2 Å². The van der Waals surface area contributed by atoms with Crippen LogP contribution in [-0.2, 0) is 24.9 Å². The molecule has 0 aliphatic heterocycles. The van der Waals surface area contributed by atoms with E-state index in [1.165, 1.54) is 4.57 Å². The van der Waals surface area contributed by atoms with E-state index in [9.17, 15) is 18.0 Å². The first kappa shape index (κ1) is 23.8. The van der Waals surface area contributed by atoms with Gasteiger partial charge in [-0.3, -0.25) is 19.1 Å². The molecule has 3 rings (SSSR count). The number of carboxylic acids is 1. The monoisotopic (exact) mass is 442 g/mol. The summed E-state index contributed by atoms with van der Waals surface area (Å²) in [6, 6.07) is 3.81. The number of rotatable bonds is 5. The summed E-state index contributed by atoms with van der Waals surface area (Å²) in [6.45, 7) is 3.12. The number of methoxy groups -OCH3 is 1. The average Bonchev–Trinajstić information content (AvgIpc) is 3.07. The Balaban J connectivity index is 0.000000423. The van der Waals surface area contributed by atoms with Crippen LogP contribution < -0.4 is 10.3 Å². The van der Waals surface area contributed by atoms with Gasteiger partial charge in [0, 0.05) is 43.8 Å². The molecular weight excluding hydrogens is 421 g/mol. The fourth-order valence-electron chi connectivity index (χ4n) is 2.60. The van der Waals surface area contributed by atoms with Crippen LogP contribution in [0.5, 0.6) is 5.75 Å². The fourth-order valence-corrected chi connectivity index (χ4v) is 2.60. The van der Waals surface area contributed by atoms with Crippen molar-refractivity contribution in [2.45, 2.75) is 26.2 Å². The van der Waals surface area contributed by atoms with E-state index in [0.29, 0.717) is 24.6 Å². The van der Waals surface area contributed by atoms with Crippen molar-refractivity contribution in [3.8, 4) is 5.75 Å². The van der Waals surface area contributed by atoms with Crippen LogP contribution in [0.1, 0.15) is 17.2 Å². The number of fused-ring (bicyclic) bond motifs is 1. The number of halogens is 3. The molecule has 0 atom stereocenters. The number of hydrogen-bond donors (Lipinski definition) is 1. The minimum absolute atomic E-state index is 0.163. The predicted octanol–water partition coefficient (Wildman–Crippen LogP) is 1.41. The Morgan fingerprint density at radius 3 is 2.45 bits per heavy atom. The number of aromatic nitrogens is 5. The number of hydrogen-bond acceptors (Lipinski definition) is 7. The highest BCUT2D eigenvalue weighted by molar-refractivity contribution is 5.73. The molecule has 1 N–H and O–H groups in total. The number of nitrogens with zero attached hydrogens (tertiary/aromatic N) is 6. The zero-order valence-electron chi connectivity index (χ0n) is 17.2. The normalized spacial score (nSPS) is 11.4. The number of aryl methyl sites for hydroxylation is 2. The minimum atomic E-state index is -5.08. The van der Waals surface area contributed by atoms with E-state index in [-0.39, 0.29) is 5.56 Å². The van der Waals surface area contributed by atoms with Crippen molar-refractivity contribution < 1.29 is 27.8 Å². The zero-order chi connectivity index (χ0) is 23.3. The topological polar surface area (TPSA) is 115 Å². The lowest BCUT2D eigenvalue weighted by atomic mass is 10.2. The predicted molar refractivity (Wildman–Crippen MR) is 103 cm³/mol. The molecule has 0 fully saturated rings. The SMILES string of the molecule is COc1cc(C)nc(CN(C)Cc2nnc3c(=O)n(C)ccn23)c1.O=C(O)C(F)(F)F. The number of ether oxygens (including phenoxy) is 1. The summed E-state index contributed by atoms with van der Waals surface area (Å²) in [5.41, 5.74) is 2.00. The largest absolute Gasteiger partial charge is 0.497 e. The Morgan fingerprint density at radius 2 is 1.87 bits per heavy atom. The summed E-state index contributed by atoms with van der Waals surface area (Å²) in [5.74, 6) is -1.25. The molecule has 0 aromatic carbocycles. The molecule has 0 unspecified atom stereocenters. The van der Waals surface area contributed by atoms with Crippen molar-refractivity contribution in [2.24, 2.45) is 7.05 Å². The highest BCUT2D eigenvalue weighted by Crippen LogP contribution is 2.15. The summed E-state index contributed by atoms with van der Waals surface area (Å²) in [4.78, 5) is 27.5. The van der Waals surface area contributed by atoms with E-state index < -0.39 is 12.1 Å². The third-order valence-electron chi connectivity index (χ3n) is 4.02. The molecule has 31 heavy (non-hydrogen) atoms. The molecule has 0 bridgehead atoms. The van der Waals surface area contributed by atoms with Gasteiger partial charge in [0.1, 0.15) is 5.75 Å². The maximum absolute atomic E-state index is 12.0. The molecule has 0 amide bonds. The lowest BCUT2D eigenvalue weighted by molar-refractivity contribution is -0.192. The minimum Gasteiger partial charge on any atom is -0.497 e. The van der Waals surface area contributed by atoms with Crippen LogP contribution in [0, 0.1) is 6.92 Å². The third-order valence-corrected chi connectivity index (χ3v) is 4.02. The van der Waals surface area contributed by atoms with Gasteiger partial charge in [0.25, 0.3) is 5.56 Å². The third kappa shape index (κ3) is 6.25. The first-order valence-corrected chi connectivity index (χ1v) is 8.81. The maximum Gasteiger partial charge on any atom is 0.490 e. The fraction of sp³-hybridized carbons (Fsp3) is 0.389. The number of alkyl halides is 3. The van der Waals surface area contributed by atoms with Crippen molar-refractivity contribution >= 4 is 11.6 Å². The summed E-state index contributed by atoms with van der Waals surface area (Å²) in [7, 11) is 5.31. The van der Waals surface area contributed by atoms with Crippen LogP contribution in [0.2, 0.25) is 0 Å². The zero-order valence-corrected chi connectivity index (χ0v) is 17.2. The van der Waals surface area contributed by atoms with Crippen LogP contribution >= 0.6 is 0 Å². The van der Waals surface area contributed by atoms with Crippen molar-refractivity contribution in [2.75, 3.05) is 14.2 Å². The molecule has 0 saturated carbocycles. The molecule has 10 nitrogen and oxygen atoms in total. The highest BCUT2D eigenvalue weighted by Gasteiger charge is 2.38. The van der Waals surface area contributed by atoms with Gasteiger partial charge in [-0.25, -0.2) is 4.79 Å². The lowest BCUT2D eigenvalue weighted by Gasteiger charge is -2.16. The summed E-state index contributed by atoms with van der Waals surface area (Å²) in [5, 5.41) is 15.3. The molecule has 168 valence electrons. The van der Waals surface area contributed by atoms with Crippen molar-refractivity contribution in [3.05, 3.63) is 52.1 Å². The van der Waals surface area contributed by atoms with Crippen LogP contribution in [-0.4, -0.2) is 60.5 Å². The number of aliphatic carboxylic acids is 1. The molecule has 3 heterocycles. The van der Waals surface area contributed by atoms with E-state index >= 15 is 0 Å². The second-order valence-corrected chi connectivity index (χ2v) is 6.64. The van der Waals surface area contributed by atoms with Crippen LogP contribution in [0.25, 0.3) is 5.65 Å². The van der Waals surface area contributed by atoms with Gasteiger partial charge in [0.05, 0.1) is 19.3 Å². The molecular formula is C18H21F3N6O4. The van der Waals surface area contributed by atoms with E-state index in [4.69, 9.17) is 14.6 Å². The van der Waals surface area contributed by atoms with E-state index in [0.717, 1.165) is 17.1 Å². The molecule has 0 aliphatic rings. The molecule has 0 spiro atoms. The Labute approximate surface area is 174 Å². The second kappa shape index (κ2) is 9.55. The van der Waals surface area contributed by atoms with Gasteiger partial charge >= 0.3 is 12.1 Å². The first-order chi connectivity index (χ1) is 14.4. The van der Waals surface area contributed by atoms with E-state index in [2.05, 4.69) is 20.1 Å². The number of pyridine rings is 1. The average molecular weight is 442 g/mol. The number of carboxylic acid groups (broad SMARTS) is 1. The Bertz CT molecular complexity index is 1130. The summed E-state index contributed by atoms with van der Waals surface area (Å²) < 4.78 is 40.2. The quantitative estimate of drug-likeness (QED) is 0.631. The standard InChI is InChI=1S/C16H20N6O2.C2HF3O2/c1-11-7-13(24-4)8-12(17-11)9-20(2)10-14-18-19-15-16(23)21(3)5-6-22(14)15;3-2(4,5)1(6)7/h5-8H,9-10H2,1-4H3;(H,6,7). The molecule has 3 aromatic rings. The van der Waals surface area contributed by atoms with Crippen molar-refractivity contribution in [1.82, 2.24) is 29.0 Å². The van der Waals surface area contributed by atoms with Gasteiger partial charge in [-0.15, -0.1) is 10.2 Å². The number of carbonyl (C=O) groups is 1. The van der Waals surface area contributed by atoms with Gasteiger partial charge in [0.2, 0.25) is 5.65 Å². The smallest absolute Gasteiger partial charge is 0.490 e. The maximum atomic E-state index is 12.0. The molecule has 0 aliphatic carbocycles. The Morgan fingerprint density at radius 1 is 1.23 bits per heavy atom. The summed E-state index contributed by atoms with van der Waals surface area (Å²) in [6.07, 6.45) is -1.58. The molecule has 0 saturated heterocycles.